The summed E-state index contributed by atoms with van der Waals surface area (Å²) in [5.41, 5.74) is 1.54. The van der Waals surface area contributed by atoms with Crippen molar-refractivity contribution < 1.29 is 17.9 Å². The van der Waals surface area contributed by atoms with Gasteiger partial charge in [0.15, 0.2) is 0 Å². The minimum absolute atomic E-state index is 0.103. The number of primary sulfonamides is 1. The number of sulfonamides is 1. The van der Waals surface area contributed by atoms with Crippen LogP contribution in [0.25, 0.3) is 0 Å². The number of hydrogen-bond donors (Lipinski definition) is 2. The number of nitrogens with one attached hydrogen (secondary N) is 1. The first kappa shape index (κ1) is 16.0. The van der Waals surface area contributed by atoms with Crippen LogP contribution in [0.4, 0.5) is 5.69 Å². The van der Waals surface area contributed by atoms with E-state index in [0.29, 0.717) is 11.3 Å². The molecule has 0 spiro atoms. The largest absolute Gasteiger partial charge is 0.495 e. The number of anilines is 1. The summed E-state index contributed by atoms with van der Waals surface area (Å²) in [5.74, 6) is -0.0164. The number of methoxy groups -OCH3 is 1. The molecule has 7 heteroatoms. The molecule has 0 aromatic heterocycles. The van der Waals surface area contributed by atoms with Gasteiger partial charge >= 0.3 is 0 Å². The highest BCUT2D eigenvalue weighted by Crippen LogP contribution is 2.27. The molecule has 6 nitrogen and oxygen atoms in total. The summed E-state index contributed by atoms with van der Waals surface area (Å²) in [5, 5.41) is 7.75. The molecule has 0 aliphatic rings. The lowest BCUT2D eigenvalue weighted by molar-refractivity contribution is 0.102. The Morgan fingerprint density at radius 2 is 1.86 bits per heavy atom. The normalized spacial score (nSPS) is 11.0. The van der Waals surface area contributed by atoms with E-state index in [4.69, 9.17) is 9.88 Å². The molecule has 2 aromatic rings. The smallest absolute Gasteiger partial charge is 0.256 e. The molecular formula is C15H16N2O4S. The second-order valence-electron chi connectivity index (χ2n) is 4.68. The van der Waals surface area contributed by atoms with Crippen molar-refractivity contribution in [3.63, 3.8) is 0 Å². The molecule has 2 aromatic carbocycles. The van der Waals surface area contributed by atoms with E-state index in [1.165, 1.54) is 25.3 Å². The first-order valence-corrected chi connectivity index (χ1v) is 7.95. The molecule has 0 unspecified atom stereocenters. The second-order valence-corrected chi connectivity index (χ2v) is 6.24. The first-order chi connectivity index (χ1) is 10.3. The van der Waals surface area contributed by atoms with Gasteiger partial charge in [-0.2, -0.15) is 0 Å². The summed E-state index contributed by atoms with van der Waals surface area (Å²) in [6, 6.07) is 11.1. The van der Waals surface area contributed by atoms with Gasteiger partial charge in [-0.15, -0.1) is 0 Å². The molecule has 116 valence electrons. The number of aryl methyl sites for hydroxylation is 1. The van der Waals surface area contributed by atoms with Crippen LogP contribution in [-0.2, 0) is 10.0 Å². The average Bonchev–Trinajstić information content (AvgIpc) is 2.46. The van der Waals surface area contributed by atoms with Gasteiger partial charge in [0.25, 0.3) is 5.91 Å². The maximum Gasteiger partial charge on any atom is 0.256 e. The number of carbonyl (C=O) groups excluding carboxylic acids is 1. The summed E-state index contributed by atoms with van der Waals surface area (Å²) in [6.07, 6.45) is 0. The average molecular weight is 320 g/mol. The minimum Gasteiger partial charge on any atom is -0.495 e. The Balaban J connectivity index is 2.40. The zero-order chi connectivity index (χ0) is 16.3. The van der Waals surface area contributed by atoms with Gasteiger partial charge in [-0.05, 0) is 36.8 Å². The maximum atomic E-state index is 12.3. The number of amides is 1. The van der Waals surface area contributed by atoms with Gasteiger partial charge in [-0.25, -0.2) is 13.6 Å². The van der Waals surface area contributed by atoms with Crippen LogP contribution in [0, 0.1) is 6.92 Å². The first-order valence-electron chi connectivity index (χ1n) is 6.41. The van der Waals surface area contributed by atoms with Gasteiger partial charge in [0.05, 0.1) is 17.7 Å². The lowest BCUT2D eigenvalue weighted by atomic mass is 10.1. The lowest BCUT2D eigenvalue weighted by Gasteiger charge is -2.12. The third-order valence-corrected chi connectivity index (χ3v) is 4.05. The van der Waals surface area contributed by atoms with Crippen LogP contribution in [0.2, 0.25) is 0 Å². The number of rotatable bonds is 4. The fourth-order valence-electron chi connectivity index (χ4n) is 1.98. The van der Waals surface area contributed by atoms with Gasteiger partial charge in [0.1, 0.15) is 5.75 Å². The van der Waals surface area contributed by atoms with Crippen LogP contribution in [-0.4, -0.2) is 21.4 Å². The molecular weight excluding hydrogens is 304 g/mol. The van der Waals surface area contributed by atoms with Crippen molar-refractivity contribution in [3.05, 3.63) is 53.6 Å². The van der Waals surface area contributed by atoms with E-state index in [2.05, 4.69) is 5.32 Å². The summed E-state index contributed by atoms with van der Waals surface area (Å²) in [7, 11) is -2.44. The van der Waals surface area contributed by atoms with Crippen LogP contribution in [0.1, 0.15) is 15.9 Å². The molecule has 0 aliphatic carbocycles. The van der Waals surface area contributed by atoms with Crippen molar-refractivity contribution in [2.75, 3.05) is 12.4 Å². The topological polar surface area (TPSA) is 98.5 Å². The third-order valence-electron chi connectivity index (χ3n) is 3.14. The highest BCUT2D eigenvalue weighted by molar-refractivity contribution is 7.89. The molecule has 0 heterocycles. The molecule has 3 N–H and O–H groups in total. The second kappa shape index (κ2) is 6.17. The molecule has 22 heavy (non-hydrogen) atoms. The van der Waals surface area contributed by atoms with Gasteiger partial charge < -0.3 is 10.1 Å². The third kappa shape index (κ3) is 3.44. The van der Waals surface area contributed by atoms with Gasteiger partial charge in [0.2, 0.25) is 10.0 Å². The van der Waals surface area contributed by atoms with Crippen LogP contribution < -0.4 is 15.2 Å². The van der Waals surface area contributed by atoms with Crippen molar-refractivity contribution in [1.82, 2.24) is 0 Å². The Morgan fingerprint density at radius 1 is 1.18 bits per heavy atom. The van der Waals surface area contributed by atoms with E-state index in [9.17, 15) is 13.2 Å². The summed E-state index contributed by atoms with van der Waals surface area (Å²) in [6.45, 7) is 1.81. The standard InChI is InChI=1S/C15H16N2O4S/c1-10-5-3-4-6-12(10)15(18)17-13-9-11(22(16,19)20)7-8-14(13)21-2/h3-9H,1-2H3,(H,17,18)(H2,16,19,20). The molecule has 1 amide bonds. The fourth-order valence-corrected chi connectivity index (χ4v) is 2.52. The zero-order valence-corrected chi connectivity index (χ0v) is 13.0. The van der Waals surface area contributed by atoms with Crippen LogP contribution >= 0.6 is 0 Å². The summed E-state index contributed by atoms with van der Waals surface area (Å²) < 4.78 is 28.0. The number of nitrogens with two attached hydrogens (primary N) is 1. The summed E-state index contributed by atoms with van der Waals surface area (Å²) >= 11 is 0. The van der Waals surface area contributed by atoms with Crippen LogP contribution in [0.15, 0.2) is 47.4 Å². The lowest BCUT2D eigenvalue weighted by Crippen LogP contribution is -2.16. The molecule has 0 radical (unpaired) electrons. The van der Waals surface area contributed by atoms with E-state index in [1.807, 2.05) is 19.1 Å². The van der Waals surface area contributed by atoms with Gasteiger partial charge in [0, 0.05) is 5.56 Å². The Hall–Kier alpha value is -2.38. The molecule has 0 saturated heterocycles. The Bertz CT molecular complexity index is 816. The van der Waals surface area contributed by atoms with Crippen molar-refractivity contribution in [1.29, 1.82) is 0 Å². The number of hydrogen-bond acceptors (Lipinski definition) is 4. The highest BCUT2D eigenvalue weighted by atomic mass is 32.2. The van der Waals surface area contributed by atoms with Crippen molar-refractivity contribution >= 4 is 21.6 Å². The number of benzene rings is 2. The molecule has 0 saturated carbocycles. The molecule has 0 atom stereocenters. The number of carbonyl (C=O) groups is 1. The minimum atomic E-state index is -3.87. The Morgan fingerprint density at radius 3 is 2.45 bits per heavy atom. The molecule has 2 rings (SSSR count). The summed E-state index contributed by atoms with van der Waals surface area (Å²) in [4.78, 5) is 12.2. The van der Waals surface area contributed by atoms with Gasteiger partial charge in [-0.3, -0.25) is 4.79 Å². The van der Waals surface area contributed by atoms with E-state index >= 15 is 0 Å². The van der Waals surface area contributed by atoms with Crippen molar-refractivity contribution in [2.45, 2.75) is 11.8 Å². The van der Waals surface area contributed by atoms with Crippen LogP contribution in [0.5, 0.6) is 5.75 Å². The van der Waals surface area contributed by atoms with Crippen LogP contribution in [0.3, 0.4) is 0 Å². The van der Waals surface area contributed by atoms with E-state index in [1.54, 1.807) is 12.1 Å². The van der Waals surface area contributed by atoms with E-state index < -0.39 is 10.0 Å². The predicted octanol–water partition coefficient (Wildman–Crippen LogP) is 1.90. The molecule has 0 aliphatic heterocycles. The predicted molar refractivity (Wildman–Crippen MR) is 83.5 cm³/mol. The fraction of sp³-hybridized carbons (Fsp3) is 0.133. The quantitative estimate of drug-likeness (QED) is 0.899. The van der Waals surface area contributed by atoms with Gasteiger partial charge in [-0.1, -0.05) is 18.2 Å². The Labute approximate surface area is 129 Å². The molecule has 0 fully saturated rings. The monoisotopic (exact) mass is 320 g/mol. The Kier molecular flexibility index (Phi) is 4.48. The SMILES string of the molecule is COc1ccc(S(N)(=O)=O)cc1NC(=O)c1ccccc1C. The maximum absolute atomic E-state index is 12.3. The van der Waals surface area contributed by atoms with Crippen molar-refractivity contribution in [3.8, 4) is 5.75 Å². The highest BCUT2D eigenvalue weighted by Gasteiger charge is 2.15. The van der Waals surface area contributed by atoms with E-state index in [-0.39, 0.29) is 16.5 Å². The number of ether oxygens (including phenoxy) is 1. The zero-order valence-electron chi connectivity index (χ0n) is 12.2. The van der Waals surface area contributed by atoms with E-state index in [0.717, 1.165) is 5.56 Å². The van der Waals surface area contributed by atoms with Crippen molar-refractivity contribution in [2.24, 2.45) is 5.14 Å². The molecule has 0 bridgehead atoms.